The number of nitrogens with zero attached hydrogens (tertiary/aromatic N) is 1. The van der Waals surface area contributed by atoms with Crippen LogP contribution in [0.25, 0.3) is 0 Å². The zero-order valence-corrected chi connectivity index (χ0v) is 14.9. The van der Waals surface area contributed by atoms with Gasteiger partial charge in [-0.3, -0.25) is 0 Å². The molecule has 110 valence electrons. The van der Waals surface area contributed by atoms with Crippen LogP contribution in [0.5, 0.6) is 5.75 Å². The Labute approximate surface area is 138 Å². The molecule has 1 N–H and O–H groups in total. The molecular formula is C15H20Br2N2O. The first-order chi connectivity index (χ1) is 9.69. The van der Waals surface area contributed by atoms with E-state index in [9.17, 15) is 0 Å². The average Bonchev–Trinajstić information content (AvgIpc) is 2.41. The van der Waals surface area contributed by atoms with E-state index >= 15 is 0 Å². The fraction of sp³-hybridized carbons (Fsp3) is 0.533. The molecule has 0 unspecified atom stereocenters. The summed E-state index contributed by atoms with van der Waals surface area (Å²) in [5.41, 5.74) is 1.22. The first-order valence-corrected chi connectivity index (χ1v) is 8.46. The fourth-order valence-electron chi connectivity index (χ4n) is 1.74. The van der Waals surface area contributed by atoms with E-state index in [-0.39, 0.29) is 0 Å². The molecule has 0 bridgehead atoms. The van der Waals surface area contributed by atoms with Crippen molar-refractivity contribution < 1.29 is 4.74 Å². The number of ether oxygens (including phenoxy) is 1. The highest BCUT2D eigenvalue weighted by atomic mass is 79.9. The number of nitriles is 1. The van der Waals surface area contributed by atoms with Crippen molar-refractivity contribution in [1.29, 1.82) is 5.26 Å². The summed E-state index contributed by atoms with van der Waals surface area (Å²) in [6.07, 6.45) is 3.50. The molecule has 3 nitrogen and oxygen atoms in total. The lowest BCUT2D eigenvalue weighted by Crippen LogP contribution is -2.13. The third kappa shape index (κ3) is 6.25. The molecule has 0 saturated heterocycles. The summed E-state index contributed by atoms with van der Waals surface area (Å²) in [6, 6.07) is 6.30. The van der Waals surface area contributed by atoms with E-state index < -0.39 is 0 Å². The Morgan fingerprint density at radius 1 is 1.25 bits per heavy atom. The van der Waals surface area contributed by atoms with Crippen LogP contribution in [0, 0.1) is 11.3 Å². The van der Waals surface area contributed by atoms with Crippen LogP contribution < -0.4 is 10.1 Å². The molecule has 1 rings (SSSR count). The van der Waals surface area contributed by atoms with Crippen molar-refractivity contribution in [3.8, 4) is 11.8 Å². The number of nitrogens with one attached hydrogen (secondary N) is 1. The van der Waals surface area contributed by atoms with Gasteiger partial charge in [-0.25, -0.2) is 0 Å². The molecule has 5 heteroatoms. The van der Waals surface area contributed by atoms with Crippen LogP contribution in [-0.4, -0.2) is 13.2 Å². The summed E-state index contributed by atoms with van der Waals surface area (Å²) in [4.78, 5) is 0. The van der Waals surface area contributed by atoms with E-state index in [2.05, 4.69) is 62.3 Å². The highest BCUT2D eigenvalue weighted by Gasteiger charge is 2.09. The highest BCUT2D eigenvalue weighted by molar-refractivity contribution is 9.11. The molecule has 1 aromatic carbocycles. The van der Waals surface area contributed by atoms with Gasteiger partial charge in [0.25, 0.3) is 0 Å². The molecule has 0 radical (unpaired) electrons. The monoisotopic (exact) mass is 402 g/mol. The van der Waals surface area contributed by atoms with Gasteiger partial charge in [-0.15, -0.1) is 0 Å². The second-order valence-electron chi connectivity index (χ2n) is 4.53. The molecule has 0 aliphatic rings. The first-order valence-electron chi connectivity index (χ1n) is 6.87. The average molecular weight is 404 g/mol. The normalized spacial score (nSPS) is 10.3. The summed E-state index contributed by atoms with van der Waals surface area (Å²) in [6.45, 7) is 4.66. The topological polar surface area (TPSA) is 45.0 Å². The number of halogens is 2. The Balaban J connectivity index is 2.53. The summed E-state index contributed by atoms with van der Waals surface area (Å²) < 4.78 is 7.69. The van der Waals surface area contributed by atoms with Crippen LogP contribution >= 0.6 is 31.9 Å². The Kier molecular flexibility index (Phi) is 8.92. The zero-order valence-electron chi connectivity index (χ0n) is 11.7. The van der Waals surface area contributed by atoms with Gasteiger partial charge in [0.05, 0.1) is 21.6 Å². The van der Waals surface area contributed by atoms with Gasteiger partial charge in [0.1, 0.15) is 5.75 Å². The van der Waals surface area contributed by atoms with Crippen molar-refractivity contribution in [1.82, 2.24) is 5.32 Å². The molecule has 0 amide bonds. The fourth-order valence-corrected chi connectivity index (χ4v) is 3.25. The van der Waals surface area contributed by atoms with Gasteiger partial charge in [-0.2, -0.15) is 5.26 Å². The Morgan fingerprint density at radius 3 is 2.55 bits per heavy atom. The standard InChI is InChI=1S/C15H20Br2N2O/c1-2-7-19-11-12-9-13(16)15(14(17)10-12)20-8-5-3-4-6-18/h9-10,19H,2-5,7-8,11H2,1H3. The number of benzene rings is 1. The van der Waals surface area contributed by atoms with E-state index in [1.165, 1.54) is 5.56 Å². The lowest BCUT2D eigenvalue weighted by atomic mass is 10.2. The Bertz CT molecular complexity index is 435. The maximum absolute atomic E-state index is 8.48. The van der Waals surface area contributed by atoms with Gasteiger partial charge in [-0.1, -0.05) is 6.92 Å². The molecule has 0 atom stereocenters. The van der Waals surface area contributed by atoms with Gasteiger partial charge in [0.2, 0.25) is 0 Å². The smallest absolute Gasteiger partial charge is 0.147 e. The minimum absolute atomic E-state index is 0.591. The molecule has 20 heavy (non-hydrogen) atoms. The molecule has 0 aliphatic carbocycles. The molecule has 0 aromatic heterocycles. The van der Waals surface area contributed by atoms with Gasteiger partial charge in [0.15, 0.2) is 0 Å². The van der Waals surface area contributed by atoms with Crippen LogP contribution in [0.3, 0.4) is 0 Å². The van der Waals surface area contributed by atoms with Gasteiger partial charge in [-0.05, 0) is 75.4 Å². The molecule has 0 aliphatic heterocycles. The molecule has 0 fully saturated rings. The van der Waals surface area contributed by atoms with Gasteiger partial charge in [0, 0.05) is 13.0 Å². The Hall–Kier alpha value is -0.570. The molecule has 0 heterocycles. The van der Waals surface area contributed by atoms with Crippen molar-refractivity contribution in [2.24, 2.45) is 0 Å². The number of rotatable bonds is 9. The third-order valence-electron chi connectivity index (χ3n) is 2.74. The van der Waals surface area contributed by atoms with Crippen molar-refractivity contribution in [3.63, 3.8) is 0 Å². The van der Waals surface area contributed by atoms with Crippen LogP contribution in [-0.2, 0) is 6.54 Å². The Morgan fingerprint density at radius 2 is 1.95 bits per heavy atom. The van der Waals surface area contributed by atoms with Crippen molar-refractivity contribution in [2.75, 3.05) is 13.2 Å². The van der Waals surface area contributed by atoms with Crippen molar-refractivity contribution in [2.45, 2.75) is 39.2 Å². The highest BCUT2D eigenvalue weighted by Crippen LogP contribution is 2.35. The summed E-state index contributed by atoms with van der Waals surface area (Å²) in [5.74, 6) is 0.834. The lowest BCUT2D eigenvalue weighted by Gasteiger charge is -2.12. The second-order valence-corrected chi connectivity index (χ2v) is 6.24. The predicted molar refractivity (Wildman–Crippen MR) is 88.8 cm³/mol. The molecule has 0 spiro atoms. The van der Waals surface area contributed by atoms with E-state index in [0.29, 0.717) is 13.0 Å². The second kappa shape index (κ2) is 10.2. The first kappa shape index (κ1) is 17.5. The van der Waals surface area contributed by atoms with E-state index in [1.54, 1.807) is 0 Å². The molecule has 1 aromatic rings. The van der Waals surface area contributed by atoms with Crippen LogP contribution in [0.1, 0.15) is 38.2 Å². The van der Waals surface area contributed by atoms with Crippen LogP contribution in [0.4, 0.5) is 0 Å². The zero-order chi connectivity index (χ0) is 14.8. The van der Waals surface area contributed by atoms with Crippen LogP contribution in [0.15, 0.2) is 21.1 Å². The number of hydrogen-bond donors (Lipinski definition) is 1. The summed E-state index contributed by atoms with van der Waals surface area (Å²) in [7, 11) is 0. The number of unbranched alkanes of at least 4 members (excludes halogenated alkanes) is 2. The SMILES string of the molecule is CCCNCc1cc(Br)c(OCCCCC#N)c(Br)c1. The maximum atomic E-state index is 8.48. The molecular weight excluding hydrogens is 384 g/mol. The minimum atomic E-state index is 0.591. The predicted octanol–water partition coefficient (Wildman–Crippen LogP) is 4.78. The largest absolute Gasteiger partial charge is 0.491 e. The third-order valence-corrected chi connectivity index (χ3v) is 3.92. The van der Waals surface area contributed by atoms with Crippen LogP contribution in [0.2, 0.25) is 0 Å². The van der Waals surface area contributed by atoms with Gasteiger partial charge < -0.3 is 10.1 Å². The summed E-state index contributed by atoms with van der Waals surface area (Å²) >= 11 is 7.11. The lowest BCUT2D eigenvalue weighted by molar-refractivity contribution is 0.304. The van der Waals surface area contributed by atoms with E-state index in [0.717, 1.165) is 47.0 Å². The molecule has 0 saturated carbocycles. The summed E-state index contributed by atoms with van der Waals surface area (Å²) in [5, 5.41) is 11.9. The van der Waals surface area contributed by atoms with E-state index in [4.69, 9.17) is 10.00 Å². The van der Waals surface area contributed by atoms with E-state index in [1.807, 2.05) is 0 Å². The number of hydrogen-bond acceptors (Lipinski definition) is 3. The quantitative estimate of drug-likeness (QED) is 0.603. The van der Waals surface area contributed by atoms with Crippen molar-refractivity contribution in [3.05, 3.63) is 26.6 Å². The minimum Gasteiger partial charge on any atom is -0.491 e. The maximum Gasteiger partial charge on any atom is 0.147 e. The van der Waals surface area contributed by atoms with Crippen molar-refractivity contribution >= 4 is 31.9 Å². The van der Waals surface area contributed by atoms with Gasteiger partial charge >= 0.3 is 0 Å².